The van der Waals surface area contributed by atoms with Gasteiger partial charge in [0.05, 0.1) is 4.92 Å². The number of nitrogens with one attached hydrogen (secondary N) is 2. The van der Waals surface area contributed by atoms with Crippen molar-refractivity contribution in [2.45, 2.75) is 25.3 Å². The molecule has 0 bridgehead atoms. The van der Waals surface area contributed by atoms with Crippen LogP contribution in [0.3, 0.4) is 0 Å². The Morgan fingerprint density at radius 2 is 2.10 bits per heavy atom. The fourth-order valence-corrected chi connectivity index (χ4v) is 1.78. The Bertz CT molecular complexity index is 583. The number of nitro benzene ring substituents is 1. The second kappa shape index (κ2) is 6.21. The number of amides is 2. The van der Waals surface area contributed by atoms with Crippen LogP contribution in [-0.2, 0) is 4.79 Å². The summed E-state index contributed by atoms with van der Waals surface area (Å²) in [6, 6.07) is 3.47. The van der Waals surface area contributed by atoms with Crippen molar-refractivity contribution in [1.82, 2.24) is 10.6 Å². The van der Waals surface area contributed by atoms with E-state index in [9.17, 15) is 24.8 Å². The Hall–Kier alpha value is -2.64. The van der Waals surface area contributed by atoms with Crippen LogP contribution in [0.4, 0.5) is 5.69 Å². The first-order valence-corrected chi connectivity index (χ1v) is 6.52. The summed E-state index contributed by atoms with van der Waals surface area (Å²) in [6.45, 7) is 0.0736. The van der Waals surface area contributed by atoms with Gasteiger partial charge in [-0.15, -0.1) is 0 Å². The number of phenolic OH excluding ortho intramolecular Hbond substituents is 1. The topological polar surface area (TPSA) is 122 Å². The molecule has 0 spiro atoms. The van der Waals surface area contributed by atoms with Crippen LogP contribution in [0, 0.1) is 10.1 Å². The normalized spacial score (nSPS) is 13.5. The number of benzene rings is 1. The summed E-state index contributed by atoms with van der Waals surface area (Å²) in [5.74, 6) is -1.10. The smallest absolute Gasteiger partial charge is 0.282 e. The zero-order valence-electron chi connectivity index (χ0n) is 11.2. The molecule has 21 heavy (non-hydrogen) atoms. The predicted octanol–water partition coefficient (Wildman–Crippen LogP) is 0.699. The fourth-order valence-electron chi connectivity index (χ4n) is 1.78. The predicted molar refractivity (Wildman–Crippen MR) is 72.9 cm³/mol. The highest BCUT2D eigenvalue weighted by Crippen LogP contribution is 2.23. The Labute approximate surface area is 120 Å². The molecule has 0 unspecified atom stereocenters. The molecule has 1 saturated carbocycles. The SMILES string of the molecule is O=C(CCNC(=O)c1cc(O)ccc1[N+](=O)[O-])NC1CC1. The molecule has 0 heterocycles. The highest BCUT2D eigenvalue weighted by molar-refractivity contribution is 5.98. The van der Waals surface area contributed by atoms with Gasteiger partial charge in [-0.25, -0.2) is 0 Å². The van der Waals surface area contributed by atoms with E-state index in [4.69, 9.17) is 0 Å². The number of phenols is 1. The molecule has 0 atom stereocenters. The maximum Gasteiger partial charge on any atom is 0.282 e. The highest BCUT2D eigenvalue weighted by atomic mass is 16.6. The average Bonchev–Trinajstić information content (AvgIpc) is 3.21. The van der Waals surface area contributed by atoms with E-state index in [1.165, 1.54) is 0 Å². The summed E-state index contributed by atoms with van der Waals surface area (Å²) in [7, 11) is 0. The van der Waals surface area contributed by atoms with Crippen LogP contribution in [0.2, 0.25) is 0 Å². The average molecular weight is 293 g/mol. The molecule has 3 N–H and O–H groups in total. The van der Waals surface area contributed by atoms with Gasteiger partial charge in [0.1, 0.15) is 11.3 Å². The molecule has 1 aromatic carbocycles. The molecule has 8 heteroatoms. The van der Waals surface area contributed by atoms with E-state index in [1.807, 2.05) is 0 Å². The molecule has 1 aromatic rings. The summed E-state index contributed by atoms with van der Waals surface area (Å²) >= 11 is 0. The number of aromatic hydroxyl groups is 1. The molecule has 112 valence electrons. The maximum atomic E-state index is 11.9. The van der Waals surface area contributed by atoms with Gasteiger partial charge in [-0.05, 0) is 25.0 Å². The number of hydrogen-bond donors (Lipinski definition) is 3. The number of rotatable bonds is 6. The first kappa shape index (κ1) is 14.8. The Balaban J connectivity index is 1.91. The molecular weight excluding hydrogens is 278 g/mol. The number of hydrogen-bond acceptors (Lipinski definition) is 5. The summed E-state index contributed by atoms with van der Waals surface area (Å²) < 4.78 is 0. The van der Waals surface area contributed by atoms with Gasteiger partial charge < -0.3 is 15.7 Å². The minimum absolute atomic E-state index is 0.0736. The van der Waals surface area contributed by atoms with Crippen molar-refractivity contribution in [3.05, 3.63) is 33.9 Å². The van der Waals surface area contributed by atoms with Gasteiger partial charge in [0.25, 0.3) is 11.6 Å². The van der Waals surface area contributed by atoms with Gasteiger partial charge in [-0.2, -0.15) is 0 Å². The van der Waals surface area contributed by atoms with E-state index in [2.05, 4.69) is 10.6 Å². The monoisotopic (exact) mass is 293 g/mol. The van der Waals surface area contributed by atoms with Gasteiger partial charge in [-0.1, -0.05) is 0 Å². The van der Waals surface area contributed by atoms with Gasteiger partial charge in [-0.3, -0.25) is 19.7 Å². The van der Waals surface area contributed by atoms with Crippen molar-refractivity contribution in [2.24, 2.45) is 0 Å². The molecule has 0 aromatic heterocycles. The van der Waals surface area contributed by atoms with Crippen LogP contribution in [0.1, 0.15) is 29.6 Å². The van der Waals surface area contributed by atoms with Gasteiger partial charge in [0, 0.05) is 25.1 Å². The number of nitro groups is 1. The summed E-state index contributed by atoms with van der Waals surface area (Å²) in [5, 5.41) is 25.3. The lowest BCUT2D eigenvalue weighted by Crippen LogP contribution is -2.31. The first-order chi connectivity index (χ1) is 9.97. The van der Waals surface area contributed by atoms with Crippen LogP contribution in [0.5, 0.6) is 5.75 Å². The third-order valence-corrected chi connectivity index (χ3v) is 3.00. The number of carbonyl (C=O) groups excluding carboxylic acids is 2. The lowest BCUT2D eigenvalue weighted by Gasteiger charge is -2.06. The largest absolute Gasteiger partial charge is 0.508 e. The Morgan fingerprint density at radius 3 is 2.71 bits per heavy atom. The van der Waals surface area contributed by atoms with E-state index >= 15 is 0 Å². The van der Waals surface area contributed by atoms with Gasteiger partial charge in [0.2, 0.25) is 5.91 Å². The van der Waals surface area contributed by atoms with E-state index in [0.29, 0.717) is 0 Å². The van der Waals surface area contributed by atoms with E-state index in [0.717, 1.165) is 31.0 Å². The van der Waals surface area contributed by atoms with E-state index < -0.39 is 16.5 Å². The third-order valence-electron chi connectivity index (χ3n) is 3.00. The van der Waals surface area contributed by atoms with Crippen molar-refractivity contribution in [3.8, 4) is 5.75 Å². The lowest BCUT2D eigenvalue weighted by atomic mass is 10.1. The Morgan fingerprint density at radius 1 is 1.38 bits per heavy atom. The van der Waals surface area contributed by atoms with Crippen LogP contribution < -0.4 is 10.6 Å². The zero-order valence-corrected chi connectivity index (χ0v) is 11.2. The van der Waals surface area contributed by atoms with Crippen LogP contribution in [0.15, 0.2) is 18.2 Å². The van der Waals surface area contributed by atoms with Gasteiger partial charge >= 0.3 is 0 Å². The van der Waals surface area contributed by atoms with Crippen molar-refractivity contribution in [2.75, 3.05) is 6.54 Å². The molecule has 1 aliphatic rings. The highest BCUT2D eigenvalue weighted by Gasteiger charge is 2.23. The van der Waals surface area contributed by atoms with Crippen LogP contribution in [0.25, 0.3) is 0 Å². The van der Waals surface area contributed by atoms with Crippen LogP contribution in [-0.4, -0.2) is 34.4 Å². The second-order valence-corrected chi connectivity index (χ2v) is 4.81. The lowest BCUT2D eigenvalue weighted by molar-refractivity contribution is -0.385. The number of carbonyl (C=O) groups is 2. The quantitative estimate of drug-likeness (QED) is 0.526. The molecule has 0 saturated heterocycles. The third kappa shape index (κ3) is 4.16. The van der Waals surface area contributed by atoms with Crippen molar-refractivity contribution >= 4 is 17.5 Å². The molecule has 8 nitrogen and oxygen atoms in total. The molecule has 2 amide bonds. The first-order valence-electron chi connectivity index (χ1n) is 6.52. The minimum Gasteiger partial charge on any atom is -0.508 e. The standard InChI is InChI=1S/C13H15N3O5/c17-9-3-4-11(16(20)21)10(7-9)13(19)14-6-5-12(18)15-8-1-2-8/h3-4,7-8,17H,1-2,5-6H2,(H,14,19)(H,15,18). The molecule has 0 radical (unpaired) electrons. The maximum absolute atomic E-state index is 11.9. The van der Waals surface area contributed by atoms with Crippen molar-refractivity contribution in [1.29, 1.82) is 0 Å². The van der Waals surface area contributed by atoms with Gasteiger partial charge in [0.15, 0.2) is 0 Å². The summed E-state index contributed by atoms with van der Waals surface area (Å²) in [6.07, 6.45) is 2.07. The molecule has 2 rings (SSSR count). The Kier molecular flexibility index (Phi) is 4.36. The molecule has 0 aliphatic heterocycles. The van der Waals surface area contributed by atoms with E-state index in [1.54, 1.807) is 0 Å². The molecule has 1 aliphatic carbocycles. The van der Waals surface area contributed by atoms with Crippen molar-refractivity contribution in [3.63, 3.8) is 0 Å². The molecule has 1 fully saturated rings. The minimum atomic E-state index is -0.700. The fraction of sp³-hybridized carbons (Fsp3) is 0.385. The summed E-state index contributed by atoms with van der Waals surface area (Å²) in [5.41, 5.74) is -0.629. The molecular formula is C13H15N3O5. The van der Waals surface area contributed by atoms with E-state index in [-0.39, 0.29) is 36.2 Å². The zero-order chi connectivity index (χ0) is 15.4. The summed E-state index contributed by atoms with van der Waals surface area (Å²) in [4.78, 5) is 33.4. The second-order valence-electron chi connectivity index (χ2n) is 4.81. The van der Waals surface area contributed by atoms with Crippen molar-refractivity contribution < 1.29 is 19.6 Å². The number of nitrogens with zero attached hydrogens (tertiary/aromatic N) is 1. The van der Waals surface area contributed by atoms with Crippen LogP contribution >= 0.6 is 0 Å².